The summed E-state index contributed by atoms with van der Waals surface area (Å²) in [6, 6.07) is 10.1. The van der Waals surface area contributed by atoms with Crippen molar-refractivity contribution in [2.45, 2.75) is 25.7 Å². The molecule has 2 aromatic rings. The van der Waals surface area contributed by atoms with Gasteiger partial charge >= 0.3 is 0 Å². The molecule has 0 unspecified atom stereocenters. The molecule has 2 amide bonds. The molecule has 1 N–H and O–H groups in total. The van der Waals surface area contributed by atoms with Gasteiger partial charge in [0.1, 0.15) is 5.82 Å². The van der Waals surface area contributed by atoms with Gasteiger partial charge in [-0.05, 0) is 55.9 Å². The molecule has 0 saturated carbocycles. The van der Waals surface area contributed by atoms with E-state index >= 15 is 0 Å². The number of carbonyl (C=O) groups excluding carboxylic acids is 2. The fourth-order valence-corrected chi connectivity index (χ4v) is 5.17. The lowest BCUT2D eigenvalue weighted by Gasteiger charge is -2.36. The van der Waals surface area contributed by atoms with E-state index in [1.54, 1.807) is 11.3 Å². The number of hydrogen-bond donors (Lipinski definition) is 1. The van der Waals surface area contributed by atoms with Crippen LogP contribution in [0.4, 0.5) is 5.82 Å². The summed E-state index contributed by atoms with van der Waals surface area (Å²) in [6.45, 7) is 6.44. The molecule has 0 atom stereocenters. The number of likely N-dealkylation sites (tertiary alicyclic amines) is 1. The fraction of sp³-hybridized carbons (Fsp3) is 0.542. The summed E-state index contributed by atoms with van der Waals surface area (Å²) in [5.41, 5.74) is 0. The summed E-state index contributed by atoms with van der Waals surface area (Å²) < 4.78 is 0. The van der Waals surface area contributed by atoms with Gasteiger partial charge in [-0.1, -0.05) is 12.1 Å². The van der Waals surface area contributed by atoms with Crippen LogP contribution in [0.3, 0.4) is 0 Å². The van der Waals surface area contributed by atoms with E-state index in [-0.39, 0.29) is 17.7 Å². The number of thiophene rings is 1. The van der Waals surface area contributed by atoms with Gasteiger partial charge in [-0.2, -0.15) is 0 Å². The van der Waals surface area contributed by atoms with Crippen LogP contribution in [0.25, 0.3) is 0 Å². The van der Waals surface area contributed by atoms with E-state index in [0.717, 1.165) is 70.9 Å². The smallest absolute Gasteiger partial charge is 0.223 e. The van der Waals surface area contributed by atoms with Crippen LogP contribution in [-0.4, -0.2) is 79.0 Å². The summed E-state index contributed by atoms with van der Waals surface area (Å²) in [5.74, 6) is 1.50. The zero-order valence-electron chi connectivity index (χ0n) is 18.6. The van der Waals surface area contributed by atoms with Crippen LogP contribution in [-0.2, 0) is 16.0 Å². The molecule has 7 nitrogen and oxygen atoms in total. The van der Waals surface area contributed by atoms with Gasteiger partial charge in [0.05, 0.1) is 0 Å². The molecule has 0 aromatic carbocycles. The van der Waals surface area contributed by atoms with Crippen molar-refractivity contribution in [3.63, 3.8) is 0 Å². The largest absolute Gasteiger partial charge is 0.355 e. The van der Waals surface area contributed by atoms with E-state index in [4.69, 9.17) is 0 Å². The summed E-state index contributed by atoms with van der Waals surface area (Å²) in [6.07, 6.45) is 5.02. The SMILES string of the molecule is O=C(NCCc1cccs1)C1CCN(CCC(=O)N2CCN(c3ccccn3)CC2)CC1. The highest BCUT2D eigenvalue weighted by molar-refractivity contribution is 7.09. The average molecular weight is 456 g/mol. The Morgan fingerprint density at radius 1 is 1.03 bits per heavy atom. The number of carbonyl (C=O) groups is 2. The Balaban J connectivity index is 1.10. The minimum atomic E-state index is 0.102. The Morgan fingerprint density at radius 2 is 1.84 bits per heavy atom. The number of anilines is 1. The predicted molar refractivity (Wildman–Crippen MR) is 128 cm³/mol. The molecule has 2 aliphatic heterocycles. The van der Waals surface area contributed by atoms with E-state index in [2.05, 4.69) is 31.5 Å². The number of aromatic nitrogens is 1. The van der Waals surface area contributed by atoms with Crippen molar-refractivity contribution < 1.29 is 9.59 Å². The average Bonchev–Trinajstić information content (AvgIpc) is 3.37. The quantitative estimate of drug-likeness (QED) is 0.661. The van der Waals surface area contributed by atoms with Gasteiger partial charge in [0.25, 0.3) is 0 Å². The summed E-state index contributed by atoms with van der Waals surface area (Å²) in [7, 11) is 0. The maximum atomic E-state index is 12.7. The van der Waals surface area contributed by atoms with Gasteiger partial charge in [-0.15, -0.1) is 11.3 Å². The zero-order chi connectivity index (χ0) is 22.2. The monoisotopic (exact) mass is 455 g/mol. The van der Waals surface area contributed by atoms with E-state index in [0.29, 0.717) is 13.0 Å². The van der Waals surface area contributed by atoms with Crippen LogP contribution in [0.1, 0.15) is 24.1 Å². The molecule has 4 heterocycles. The van der Waals surface area contributed by atoms with E-state index in [1.807, 2.05) is 35.4 Å². The number of hydrogen-bond acceptors (Lipinski definition) is 6. The lowest BCUT2D eigenvalue weighted by molar-refractivity contribution is -0.132. The molecule has 32 heavy (non-hydrogen) atoms. The summed E-state index contributed by atoms with van der Waals surface area (Å²) in [5, 5.41) is 5.16. The molecule has 0 radical (unpaired) electrons. The van der Waals surface area contributed by atoms with Crippen molar-refractivity contribution in [2.75, 3.05) is 57.3 Å². The van der Waals surface area contributed by atoms with Gasteiger partial charge in [-0.25, -0.2) is 4.98 Å². The molecule has 0 aliphatic carbocycles. The Labute approximate surface area is 194 Å². The van der Waals surface area contributed by atoms with Gasteiger partial charge in [-0.3, -0.25) is 9.59 Å². The Kier molecular flexibility index (Phi) is 8.12. The number of piperazine rings is 1. The van der Waals surface area contributed by atoms with Crippen molar-refractivity contribution in [3.05, 3.63) is 46.8 Å². The maximum Gasteiger partial charge on any atom is 0.223 e. The number of rotatable bonds is 8. The molecule has 172 valence electrons. The van der Waals surface area contributed by atoms with Crippen molar-refractivity contribution in [3.8, 4) is 0 Å². The molecule has 2 aromatic heterocycles. The zero-order valence-corrected chi connectivity index (χ0v) is 19.4. The van der Waals surface area contributed by atoms with Gasteiger partial charge in [0.15, 0.2) is 0 Å². The molecule has 0 spiro atoms. The molecular weight excluding hydrogens is 422 g/mol. The fourth-order valence-electron chi connectivity index (χ4n) is 4.46. The van der Waals surface area contributed by atoms with Gasteiger partial charge in [0, 0.05) is 62.7 Å². The van der Waals surface area contributed by atoms with Crippen molar-refractivity contribution >= 4 is 29.0 Å². The number of pyridine rings is 1. The first-order valence-corrected chi connectivity index (χ1v) is 12.5. The number of nitrogens with one attached hydrogen (secondary N) is 1. The Hall–Kier alpha value is -2.45. The van der Waals surface area contributed by atoms with Crippen LogP contribution < -0.4 is 10.2 Å². The Bertz CT molecular complexity index is 845. The van der Waals surface area contributed by atoms with Crippen molar-refractivity contribution in [2.24, 2.45) is 5.92 Å². The second kappa shape index (κ2) is 11.4. The number of nitrogens with zero attached hydrogens (tertiary/aromatic N) is 4. The lowest BCUT2D eigenvalue weighted by Crippen LogP contribution is -2.49. The molecule has 4 rings (SSSR count). The molecule has 2 saturated heterocycles. The first-order chi connectivity index (χ1) is 15.7. The van der Waals surface area contributed by atoms with Crippen molar-refractivity contribution in [1.82, 2.24) is 20.1 Å². The third-order valence-corrected chi connectivity index (χ3v) is 7.39. The van der Waals surface area contributed by atoms with Crippen LogP contribution in [0.5, 0.6) is 0 Å². The second-order valence-corrected chi connectivity index (χ2v) is 9.57. The van der Waals surface area contributed by atoms with Crippen LogP contribution in [0.2, 0.25) is 0 Å². The lowest BCUT2D eigenvalue weighted by atomic mass is 9.95. The summed E-state index contributed by atoms with van der Waals surface area (Å²) in [4.78, 5) is 37.4. The highest BCUT2D eigenvalue weighted by Crippen LogP contribution is 2.18. The predicted octanol–water partition coefficient (Wildman–Crippen LogP) is 2.25. The van der Waals surface area contributed by atoms with Gasteiger partial charge in [0.2, 0.25) is 11.8 Å². The first kappa shape index (κ1) is 22.7. The molecule has 2 aliphatic rings. The van der Waals surface area contributed by atoms with E-state index in [1.165, 1.54) is 4.88 Å². The highest BCUT2D eigenvalue weighted by Gasteiger charge is 2.26. The van der Waals surface area contributed by atoms with Crippen LogP contribution >= 0.6 is 11.3 Å². The minimum Gasteiger partial charge on any atom is -0.355 e. The number of piperidine rings is 1. The molecule has 2 fully saturated rings. The third-order valence-electron chi connectivity index (χ3n) is 6.46. The molecular formula is C24H33N5O2S. The van der Waals surface area contributed by atoms with Crippen LogP contribution in [0.15, 0.2) is 41.9 Å². The second-order valence-electron chi connectivity index (χ2n) is 8.54. The topological polar surface area (TPSA) is 68.8 Å². The normalized spacial score (nSPS) is 18.0. The highest BCUT2D eigenvalue weighted by atomic mass is 32.1. The van der Waals surface area contributed by atoms with E-state index < -0.39 is 0 Å². The molecule has 0 bridgehead atoms. The van der Waals surface area contributed by atoms with Crippen molar-refractivity contribution in [1.29, 1.82) is 0 Å². The number of amides is 2. The third kappa shape index (κ3) is 6.29. The first-order valence-electron chi connectivity index (χ1n) is 11.7. The maximum absolute atomic E-state index is 12.7. The van der Waals surface area contributed by atoms with Gasteiger partial charge < -0.3 is 20.0 Å². The molecule has 8 heteroatoms. The van der Waals surface area contributed by atoms with E-state index in [9.17, 15) is 9.59 Å². The Morgan fingerprint density at radius 3 is 2.53 bits per heavy atom. The minimum absolute atomic E-state index is 0.102. The standard InChI is InChI=1S/C24H33N5O2S/c30-23(29-17-15-28(16-18-29)22-5-1-2-10-25-22)9-14-27-12-7-20(8-13-27)24(31)26-11-6-21-4-3-19-32-21/h1-5,10,19-20H,6-9,11-18H2,(H,26,31). The van der Waals surface area contributed by atoms with Crippen LogP contribution in [0, 0.1) is 5.92 Å². The summed E-state index contributed by atoms with van der Waals surface area (Å²) >= 11 is 1.73.